The molecule has 0 amide bonds. The van der Waals surface area contributed by atoms with Crippen molar-refractivity contribution < 1.29 is 4.79 Å². The van der Waals surface area contributed by atoms with Crippen molar-refractivity contribution in [3.63, 3.8) is 0 Å². The van der Waals surface area contributed by atoms with E-state index in [4.69, 9.17) is 0 Å². The van der Waals surface area contributed by atoms with Gasteiger partial charge in [0.1, 0.15) is 8.66 Å². The SMILES string of the molecule is O=C(C1SCCCS1)C1(C2SCCCS2)SCCCS1. The second kappa shape index (κ2) is 8.04. The molecule has 3 heterocycles. The Bertz CT molecular complexity index is 332. The van der Waals surface area contributed by atoms with Gasteiger partial charge in [-0.3, -0.25) is 4.79 Å². The number of carbonyl (C=O) groups excluding carboxylic acids is 1. The van der Waals surface area contributed by atoms with Gasteiger partial charge in [0.2, 0.25) is 0 Å². The summed E-state index contributed by atoms with van der Waals surface area (Å²) in [6.45, 7) is 0. The number of ketones is 1. The molecule has 0 atom stereocenters. The molecule has 0 aromatic rings. The summed E-state index contributed by atoms with van der Waals surface area (Å²) in [5, 5.41) is 0. The van der Waals surface area contributed by atoms with Crippen LogP contribution >= 0.6 is 70.6 Å². The summed E-state index contributed by atoms with van der Waals surface area (Å²) in [7, 11) is 0. The van der Waals surface area contributed by atoms with Gasteiger partial charge in [-0.2, -0.15) is 0 Å². The smallest absolute Gasteiger partial charge is 0.183 e. The maximum absolute atomic E-state index is 13.3. The largest absolute Gasteiger partial charge is 0.295 e. The Morgan fingerprint density at radius 1 is 0.750 bits per heavy atom. The fourth-order valence-corrected chi connectivity index (χ4v) is 13.1. The molecule has 0 unspecified atom stereocenters. The predicted octanol–water partition coefficient (Wildman–Crippen LogP) is 4.51. The number of hydrogen-bond acceptors (Lipinski definition) is 7. The van der Waals surface area contributed by atoms with Gasteiger partial charge in [-0.15, -0.1) is 70.6 Å². The van der Waals surface area contributed by atoms with Crippen molar-refractivity contribution in [1.29, 1.82) is 0 Å². The van der Waals surface area contributed by atoms with E-state index in [1.54, 1.807) is 0 Å². The Morgan fingerprint density at radius 3 is 1.85 bits per heavy atom. The Labute approximate surface area is 147 Å². The molecule has 0 radical (unpaired) electrons. The fourth-order valence-electron chi connectivity index (χ4n) is 2.45. The van der Waals surface area contributed by atoms with E-state index in [1.165, 1.54) is 53.8 Å². The first-order chi connectivity index (χ1) is 9.83. The molecular weight excluding hydrogens is 365 g/mol. The van der Waals surface area contributed by atoms with Crippen LogP contribution in [0.5, 0.6) is 0 Å². The van der Waals surface area contributed by atoms with Gasteiger partial charge >= 0.3 is 0 Å². The van der Waals surface area contributed by atoms with Crippen molar-refractivity contribution >= 4 is 76.4 Å². The zero-order valence-corrected chi connectivity index (χ0v) is 16.3. The van der Waals surface area contributed by atoms with Crippen molar-refractivity contribution in [3.8, 4) is 0 Å². The molecule has 7 heteroatoms. The third-order valence-corrected chi connectivity index (χ3v) is 13.5. The molecule has 3 rings (SSSR count). The van der Waals surface area contributed by atoms with E-state index in [2.05, 4.69) is 0 Å². The third-order valence-electron chi connectivity index (χ3n) is 3.44. The molecule has 0 spiro atoms. The minimum absolute atomic E-state index is 0.157. The maximum atomic E-state index is 13.3. The van der Waals surface area contributed by atoms with E-state index in [0.29, 0.717) is 10.4 Å². The quantitative estimate of drug-likeness (QED) is 0.702. The van der Waals surface area contributed by atoms with Crippen LogP contribution < -0.4 is 0 Å². The lowest BCUT2D eigenvalue weighted by molar-refractivity contribution is -0.117. The summed E-state index contributed by atoms with van der Waals surface area (Å²) in [5.74, 6) is 7.67. The number of carbonyl (C=O) groups is 1. The minimum Gasteiger partial charge on any atom is -0.295 e. The second-order valence-corrected chi connectivity index (χ2v) is 13.3. The average molecular weight is 385 g/mol. The van der Waals surface area contributed by atoms with Crippen molar-refractivity contribution in [3.05, 3.63) is 0 Å². The molecule has 3 aliphatic heterocycles. The van der Waals surface area contributed by atoms with E-state index >= 15 is 0 Å². The molecule has 0 aromatic carbocycles. The van der Waals surface area contributed by atoms with E-state index in [9.17, 15) is 4.79 Å². The van der Waals surface area contributed by atoms with Crippen LogP contribution in [0.4, 0.5) is 0 Å². The van der Waals surface area contributed by atoms with Gasteiger partial charge in [-0.25, -0.2) is 0 Å². The Hall–Kier alpha value is 1.77. The monoisotopic (exact) mass is 384 g/mol. The summed E-state index contributed by atoms with van der Waals surface area (Å²) in [6, 6.07) is 0. The van der Waals surface area contributed by atoms with Crippen molar-refractivity contribution in [1.82, 2.24) is 0 Å². The van der Waals surface area contributed by atoms with E-state index in [1.807, 2.05) is 70.6 Å². The van der Waals surface area contributed by atoms with Gasteiger partial charge in [0.05, 0.1) is 4.58 Å². The summed E-state index contributed by atoms with van der Waals surface area (Å²) in [4.78, 5) is 13.3. The van der Waals surface area contributed by atoms with E-state index in [0.717, 1.165) is 0 Å². The molecule has 0 N–H and O–H groups in total. The van der Waals surface area contributed by atoms with Crippen LogP contribution in [0.25, 0.3) is 0 Å². The van der Waals surface area contributed by atoms with E-state index in [-0.39, 0.29) is 8.66 Å². The van der Waals surface area contributed by atoms with Crippen molar-refractivity contribution in [2.75, 3.05) is 34.5 Å². The van der Waals surface area contributed by atoms with Crippen LogP contribution in [0, 0.1) is 0 Å². The zero-order valence-electron chi connectivity index (χ0n) is 11.4. The fraction of sp³-hybridized carbons (Fsp3) is 0.923. The lowest BCUT2D eigenvalue weighted by Gasteiger charge is -2.43. The van der Waals surface area contributed by atoms with Gasteiger partial charge in [-0.05, 0) is 53.8 Å². The highest BCUT2D eigenvalue weighted by Gasteiger charge is 2.51. The predicted molar refractivity (Wildman–Crippen MR) is 104 cm³/mol. The molecule has 114 valence electrons. The molecule has 1 nitrogen and oxygen atoms in total. The van der Waals surface area contributed by atoms with Crippen LogP contribution in [0.3, 0.4) is 0 Å². The topological polar surface area (TPSA) is 17.1 Å². The van der Waals surface area contributed by atoms with E-state index < -0.39 is 0 Å². The second-order valence-electron chi connectivity index (χ2n) is 4.94. The van der Waals surface area contributed by atoms with Crippen LogP contribution in [0.1, 0.15) is 19.3 Å². The Kier molecular flexibility index (Phi) is 6.68. The van der Waals surface area contributed by atoms with Crippen LogP contribution in [0.2, 0.25) is 0 Å². The van der Waals surface area contributed by atoms with Gasteiger partial charge in [0.25, 0.3) is 0 Å². The highest BCUT2D eigenvalue weighted by Crippen LogP contribution is 2.56. The van der Waals surface area contributed by atoms with Crippen LogP contribution in [0.15, 0.2) is 0 Å². The molecular formula is C13H20OS6. The lowest BCUT2D eigenvalue weighted by Crippen LogP contribution is -2.47. The van der Waals surface area contributed by atoms with Crippen LogP contribution in [-0.2, 0) is 4.79 Å². The molecule has 0 bridgehead atoms. The van der Waals surface area contributed by atoms with Gasteiger partial charge in [0.15, 0.2) is 5.78 Å². The van der Waals surface area contributed by atoms with Crippen molar-refractivity contribution in [2.24, 2.45) is 0 Å². The first kappa shape index (κ1) is 16.6. The molecule has 20 heavy (non-hydrogen) atoms. The van der Waals surface area contributed by atoms with Gasteiger partial charge in [0, 0.05) is 0 Å². The molecule has 3 aliphatic rings. The number of Topliss-reactive ketones (excluding diaryl/α,β-unsaturated/α-hetero) is 1. The van der Waals surface area contributed by atoms with Crippen LogP contribution in [-0.4, -0.2) is 53.5 Å². The summed E-state index contributed by atoms with van der Waals surface area (Å²) < 4.78 is 0.517. The normalized spacial score (nSPS) is 29.2. The van der Waals surface area contributed by atoms with Gasteiger partial charge in [-0.1, -0.05) is 0 Å². The third kappa shape index (κ3) is 3.64. The van der Waals surface area contributed by atoms with Gasteiger partial charge < -0.3 is 0 Å². The Balaban J connectivity index is 1.78. The first-order valence-electron chi connectivity index (χ1n) is 7.11. The molecule has 0 aromatic heterocycles. The highest BCUT2D eigenvalue weighted by molar-refractivity contribution is 8.26. The molecule has 3 fully saturated rings. The zero-order chi connectivity index (χ0) is 13.8. The molecule has 0 saturated carbocycles. The summed E-state index contributed by atoms with van der Waals surface area (Å²) in [6.07, 6.45) is 3.83. The standard InChI is InChI=1S/C13H20OS6/c14-10(11-15-4-1-5-16-11)13(19-8-3-9-20-13)12-17-6-2-7-18-12/h11-12H,1-9H2. The first-order valence-corrected chi connectivity index (χ1v) is 13.3. The number of rotatable bonds is 3. The minimum atomic E-state index is -0.157. The lowest BCUT2D eigenvalue weighted by atomic mass is 10.3. The molecule has 3 saturated heterocycles. The maximum Gasteiger partial charge on any atom is 0.183 e. The summed E-state index contributed by atoms with van der Waals surface area (Å²) >= 11 is 11.8. The number of thioether (sulfide) groups is 6. The summed E-state index contributed by atoms with van der Waals surface area (Å²) in [5.41, 5.74) is 0. The van der Waals surface area contributed by atoms with Crippen molar-refractivity contribution in [2.45, 2.75) is 32.5 Å². The molecule has 0 aliphatic carbocycles. The highest BCUT2D eigenvalue weighted by atomic mass is 32.2. The average Bonchev–Trinajstić information content (AvgIpc) is 2.56. The Morgan fingerprint density at radius 2 is 1.25 bits per heavy atom. The number of hydrogen-bond donors (Lipinski definition) is 0.